The Balaban J connectivity index is 1.25. The maximum absolute atomic E-state index is 14.8. The zero-order chi connectivity index (χ0) is 27.1. The number of benzene rings is 2. The molecule has 0 saturated heterocycles. The van der Waals surface area contributed by atoms with Crippen molar-refractivity contribution < 1.29 is 14.0 Å². The predicted molar refractivity (Wildman–Crippen MR) is 149 cm³/mol. The average molecular weight is 524 g/mol. The first-order valence-electron chi connectivity index (χ1n) is 13.3. The lowest BCUT2D eigenvalue weighted by atomic mass is 9.98. The second-order valence-corrected chi connectivity index (χ2v) is 10.6. The Morgan fingerprint density at radius 2 is 1.87 bits per heavy atom. The lowest BCUT2D eigenvalue weighted by Gasteiger charge is -2.28. The molecule has 1 saturated carbocycles. The Bertz CT molecular complexity index is 1600. The molecule has 39 heavy (non-hydrogen) atoms. The summed E-state index contributed by atoms with van der Waals surface area (Å²) in [5.74, 6) is 0.0976. The number of ketones is 1. The van der Waals surface area contributed by atoms with E-state index < -0.39 is 5.82 Å². The van der Waals surface area contributed by atoms with Gasteiger partial charge in [-0.25, -0.2) is 19.2 Å². The molecular formula is C31H30FN5O2. The molecule has 7 nitrogen and oxygen atoms in total. The number of rotatable bonds is 6. The van der Waals surface area contributed by atoms with Gasteiger partial charge in [-0.2, -0.15) is 0 Å². The van der Waals surface area contributed by atoms with E-state index in [4.69, 9.17) is 0 Å². The van der Waals surface area contributed by atoms with Crippen LogP contribution in [0.4, 0.5) is 9.18 Å². The van der Waals surface area contributed by atoms with Crippen LogP contribution >= 0.6 is 0 Å². The number of aromatic amines is 1. The molecule has 1 N–H and O–H groups in total. The Labute approximate surface area is 226 Å². The van der Waals surface area contributed by atoms with Gasteiger partial charge >= 0.3 is 6.03 Å². The molecule has 3 heterocycles. The number of nitrogens with one attached hydrogen (secondary N) is 1. The molecular weight excluding hydrogens is 493 g/mol. The fourth-order valence-electron chi connectivity index (χ4n) is 5.20. The van der Waals surface area contributed by atoms with Crippen molar-refractivity contribution in [3.63, 3.8) is 0 Å². The minimum atomic E-state index is -0.411. The highest BCUT2D eigenvalue weighted by molar-refractivity contribution is 5.98. The molecule has 2 aromatic heterocycles. The monoisotopic (exact) mass is 523 g/mol. The number of fused-ring (bicyclic) bond motifs is 1. The highest BCUT2D eigenvalue weighted by atomic mass is 19.1. The fraction of sp³-hybridized carbons (Fsp3) is 0.290. The fourth-order valence-corrected chi connectivity index (χ4v) is 5.20. The molecule has 8 heteroatoms. The van der Waals surface area contributed by atoms with Gasteiger partial charge in [0.2, 0.25) is 0 Å². The van der Waals surface area contributed by atoms with Gasteiger partial charge in [-0.05, 0) is 66.1 Å². The number of Topliss-reactive ketones (excluding diaryl/α,β-unsaturated/α-hetero) is 1. The van der Waals surface area contributed by atoms with Crippen molar-refractivity contribution in [2.75, 3.05) is 27.2 Å². The van der Waals surface area contributed by atoms with Gasteiger partial charge in [0.1, 0.15) is 17.8 Å². The van der Waals surface area contributed by atoms with Crippen LogP contribution in [-0.4, -0.2) is 63.8 Å². The predicted octanol–water partition coefficient (Wildman–Crippen LogP) is 5.84. The number of carbonyl (C=O) groups excluding carboxylic acids is 2. The summed E-state index contributed by atoms with van der Waals surface area (Å²) in [4.78, 5) is 40.9. The molecule has 0 atom stereocenters. The van der Waals surface area contributed by atoms with Crippen molar-refractivity contribution >= 4 is 28.4 Å². The van der Waals surface area contributed by atoms with E-state index in [0.717, 1.165) is 28.6 Å². The molecule has 4 aromatic rings. The molecule has 1 aliphatic carbocycles. The van der Waals surface area contributed by atoms with Crippen LogP contribution in [0.3, 0.4) is 0 Å². The van der Waals surface area contributed by atoms with Gasteiger partial charge in [-0.1, -0.05) is 30.3 Å². The Kier molecular flexibility index (Phi) is 6.46. The van der Waals surface area contributed by atoms with E-state index in [0.29, 0.717) is 41.5 Å². The van der Waals surface area contributed by atoms with Crippen molar-refractivity contribution in [2.45, 2.75) is 31.6 Å². The van der Waals surface area contributed by atoms with E-state index in [1.165, 1.54) is 30.8 Å². The zero-order valence-electron chi connectivity index (χ0n) is 22.1. The summed E-state index contributed by atoms with van der Waals surface area (Å²) in [7, 11) is 3.50. The van der Waals surface area contributed by atoms with Gasteiger partial charge in [0, 0.05) is 55.8 Å². The third-order valence-corrected chi connectivity index (χ3v) is 7.59. The molecule has 0 bridgehead atoms. The zero-order valence-corrected chi connectivity index (χ0v) is 22.1. The molecule has 2 aromatic carbocycles. The number of carbonyl (C=O) groups is 2. The van der Waals surface area contributed by atoms with Crippen molar-refractivity contribution in [3.05, 3.63) is 89.1 Å². The summed E-state index contributed by atoms with van der Waals surface area (Å²) >= 11 is 0. The largest absolute Gasteiger partial charge is 0.339 e. The molecule has 6 rings (SSSR count). The third kappa shape index (κ3) is 5.06. The number of urea groups is 1. The number of hydrogen-bond acceptors (Lipinski definition) is 4. The van der Waals surface area contributed by atoms with E-state index in [1.54, 1.807) is 36.0 Å². The standard InChI is InChI=1S/C31H30FN5O2/c1-36(2)31(39)37-13-11-21(12-14-37)27-17-25-29(33-18-34-30(25)35-27)23-9-10-26(32)24(15-23)16-28(38)22-7-5-20(6-8-22)19-3-4-19/h5-11,15,17-19H,3-4,12-14,16H2,1-2H3,(H,33,34,35). The van der Waals surface area contributed by atoms with Gasteiger partial charge in [0.25, 0.3) is 0 Å². The summed E-state index contributed by atoms with van der Waals surface area (Å²) in [6.45, 7) is 1.17. The molecule has 1 aliphatic heterocycles. The van der Waals surface area contributed by atoms with Crippen LogP contribution in [0.1, 0.15) is 52.4 Å². The van der Waals surface area contributed by atoms with E-state index >= 15 is 0 Å². The number of halogens is 1. The van der Waals surface area contributed by atoms with Crippen molar-refractivity contribution in [3.8, 4) is 11.3 Å². The summed E-state index contributed by atoms with van der Waals surface area (Å²) in [5, 5.41) is 0.819. The van der Waals surface area contributed by atoms with Crippen LogP contribution in [0.15, 0.2) is 60.9 Å². The maximum Gasteiger partial charge on any atom is 0.319 e. The lowest BCUT2D eigenvalue weighted by molar-refractivity contribution is 0.0991. The second kappa shape index (κ2) is 10.1. The first kappa shape index (κ1) is 25.0. The van der Waals surface area contributed by atoms with Crippen LogP contribution in [0.5, 0.6) is 0 Å². The van der Waals surface area contributed by atoms with Crippen LogP contribution < -0.4 is 0 Å². The lowest BCUT2D eigenvalue weighted by Crippen LogP contribution is -2.41. The summed E-state index contributed by atoms with van der Waals surface area (Å²) < 4.78 is 14.8. The third-order valence-electron chi connectivity index (χ3n) is 7.59. The van der Waals surface area contributed by atoms with Crippen molar-refractivity contribution in [2.24, 2.45) is 0 Å². The molecule has 2 amide bonds. The van der Waals surface area contributed by atoms with Gasteiger partial charge in [-0.3, -0.25) is 4.79 Å². The first-order chi connectivity index (χ1) is 18.9. The average Bonchev–Trinajstić information content (AvgIpc) is 3.71. The normalized spacial score (nSPS) is 15.4. The summed E-state index contributed by atoms with van der Waals surface area (Å²) in [5.41, 5.74) is 6.31. The summed E-state index contributed by atoms with van der Waals surface area (Å²) in [6.07, 6.45) is 6.65. The van der Waals surface area contributed by atoms with Gasteiger partial charge in [-0.15, -0.1) is 0 Å². The first-order valence-corrected chi connectivity index (χ1v) is 13.3. The maximum atomic E-state index is 14.8. The minimum Gasteiger partial charge on any atom is -0.339 e. The van der Waals surface area contributed by atoms with E-state index in [2.05, 4.69) is 21.0 Å². The van der Waals surface area contributed by atoms with Crippen LogP contribution in [-0.2, 0) is 6.42 Å². The number of aromatic nitrogens is 3. The number of H-pyrrole nitrogens is 1. The van der Waals surface area contributed by atoms with Gasteiger partial charge in [0.05, 0.1) is 5.69 Å². The van der Waals surface area contributed by atoms with Crippen molar-refractivity contribution in [1.29, 1.82) is 0 Å². The Hall–Kier alpha value is -4.33. The highest BCUT2D eigenvalue weighted by Crippen LogP contribution is 2.40. The van der Waals surface area contributed by atoms with Crippen LogP contribution in [0.2, 0.25) is 0 Å². The molecule has 198 valence electrons. The number of hydrogen-bond donors (Lipinski definition) is 1. The summed E-state index contributed by atoms with van der Waals surface area (Å²) in [6, 6.07) is 14.5. The number of nitrogens with zero attached hydrogens (tertiary/aromatic N) is 4. The topological polar surface area (TPSA) is 82.2 Å². The SMILES string of the molecule is CN(C)C(=O)N1CC=C(c2cc3c(-c4ccc(F)c(CC(=O)c5ccc(C6CC6)cc5)c4)ncnc3[nH]2)CC1. The van der Waals surface area contributed by atoms with Crippen LogP contribution in [0.25, 0.3) is 27.9 Å². The second-order valence-electron chi connectivity index (χ2n) is 10.6. The minimum absolute atomic E-state index is 0.00373. The van der Waals surface area contributed by atoms with Gasteiger partial charge < -0.3 is 14.8 Å². The van der Waals surface area contributed by atoms with Crippen LogP contribution in [0, 0.1) is 5.82 Å². The highest BCUT2D eigenvalue weighted by Gasteiger charge is 2.24. The van der Waals surface area contributed by atoms with Crippen molar-refractivity contribution in [1.82, 2.24) is 24.8 Å². The smallest absolute Gasteiger partial charge is 0.319 e. The van der Waals surface area contributed by atoms with E-state index in [-0.39, 0.29) is 18.2 Å². The molecule has 2 aliphatic rings. The number of amides is 2. The Morgan fingerprint density at radius 1 is 1.08 bits per heavy atom. The molecule has 0 radical (unpaired) electrons. The van der Waals surface area contributed by atoms with E-state index in [9.17, 15) is 14.0 Å². The van der Waals surface area contributed by atoms with Gasteiger partial charge in [0.15, 0.2) is 5.78 Å². The quantitative estimate of drug-likeness (QED) is 0.322. The van der Waals surface area contributed by atoms with E-state index in [1.807, 2.05) is 30.3 Å². The molecule has 0 unspecified atom stereocenters. The Morgan fingerprint density at radius 3 is 2.56 bits per heavy atom. The molecule has 1 fully saturated rings. The molecule has 0 spiro atoms.